The molecule has 2 rings (SSSR count). The minimum absolute atomic E-state index is 0.309. The van der Waals surface area contributed by atoms with E-state index in [2.05, 4.69) is 49.0 Å². The maximum Gasteiger partial charge on any atom is 0.225 e. The number of nitrogens with one attached hydrogen (secondary N) is 1. The minimum Gasteiger partial charge on any atom is -0.369 e. The quantitative estimate of drug-likeness (QED) is 0.848. The third-order valence-electron chi connectivity index (χ3n) is 3.22. The molecule has 0 bridgehead atoms. The number of hydrogen-bond donors (Lipinski definition) is 1. The average molecular weight is 284 g/mol. The zero-order chi connectivity index (χ0) is 13.3. The third-order valence-corrected chi connectivity index (χ3v) is 4.33. The number of aromatic nitrogens is 2. The van der Waals surface area contributed by atoms with Crippen molar-refractivity contribution in [2.24, 2.45) is 11.8 Å². The smallest absolute Gasteiger partial charge is 0.225 e. The molecule has 0 aromatic carbocycles. The summed E-state index contributed by atoms with van der Waals surface area (Å²) in [7, 11) is 0. The second-order valence-electron chi connectivity index (χ2n) is 5.02. The van der Waals surface area contributed by atoms with E-state index in [0.717, 1.165) is 22.6 Å². The Bertz CT molecular complexity index is 550. The Kier molecular flexibility index (Phi) is 4.07. The number of nitrogens with zero attached hydrogens (tertiary/aromatic N) is 2. The molecule has 0 saturated carbocycles. The third kappa shape index (κ3) is 2.93. The Morgan fingerprint density at radius 3 is 2.72 bits per heavy atom. The lowest BCUT2D eigenvalue weighted by Crippen LogP contribution is -2.17. The molecule has 3 nitrogen and oxygen atoms in total. The van der Waals surface area contributed by atoms with Crippen molar-refractivity contribution >= 4 is 39.0 Å². The molecule has 1 unspecified atom stereocenters. The molecular formula is C13H18ClN3S. The van der Waals surface area contributed by atoms with Gasteiger partial charge in [-0.15, -0.1) is 11.3 Å². The Balaban J connectivity index is 2.26. The zero-order valence-corrected chi connectivity index (χ0v) is 12.7. The van der Waals surface area contributed by atoms with Crippen molar-refractivity contribution in [2.45, 2.75) is 27.7 Å². The van der Waals surface area contributed by atoms with Crippen molar-refractivity contribution in [1.29, 1.82) is 0 Å². The fraction of sp³-hybridized carbons (Fsp3) is 0.538. The first kappa shape index (κ1) is 13.6. The lowest BCUT2D eigenvalue weighted by atomic mass is 9.98. The van der Waals surface area contributed by atoms with E-state index in [4.69, 9.17) is 11.6 Å². The standard InChI is InChI=1S/C13H18ClN3S/c1-7(2)8(3)6-15-11-10-5-9(4)18-12(10)17-13(14)16-11/h5,7-8H,6H2,1-4H3,(H,15,16,17). The predicted octanol–water partition coefficient (Wildman–Crippen LogP) is 4.36. The van der Waals surface area contributed by atoms with Crippen LogP contribution < -0.4 is 5.32 Å². The van der Waals surface area contributed by atoms with Crippen molar-refractivity contribution in [3.63, 3.8) is 0 Å². The summed E-state index contributed by atoms with van der Waals surface area (Å²) in [6.07, 6.45) is 0. The summed E-state index contributed by atoms with van der Waals surface area (Å²) in [6, 6.07) is 2.11. The van der Waals surface area contributed by atoms with E-state index in [1.54, 1.807) is 11.3 Å². The molecule has 0 aliphatic heterocycles. The van der Waals surface area contributed by atoms with Gasteiger partial charge in [0.1, 0.15) is 10.6 Å². The van der Waals surface area contributed by atoms with E-state index in [-0.39, 0.29) is 0 Å². The van der Waals surface area contributed by atoms with Gasteiger partial charge in [-0.25, -0.2) is 9.97 Å². The molecule has 0 aliphatic carbocycles. The molecule has 98 valence electrons. The Hall–Kier alpha value is -0.870. The van der Waals surface area contributed by atoms with Crippen molar-refractivity contribution in [2.75, 3.05) is 11.9 Å². The van der Waals surface area contributed by atoms with Crippen LogP contribution in [0, 0.1) is 18.8 Å². The number of hydrogen-bond acceptors (Lipinski definition) is 4. The molecule has 5 heteroatoms. The summed E-state index contributed by atoms with van der Waals surface area (Å²) in [5, 5.41) is 4.77. The molecule has 0 saturated heterocycles. The van der Waals surface area contributed by atoms with Gasteiger partial charge in [0.2, 0.25) is 5.28 Å². The second-order valence-corrected chi connectivity index (χ2v) is 6.59. The van der Waals surface area contributed by atoms with Crippen LogP contribution in [0.2, 0.25) is 5.28 Å². The first-order valence-corrected chi connectivity index (χ1v) is 7.34. The van der Waals surface area contributed by atoms with Gasteiger partial charge in [0, 0.05) is 11.4 Å². The van der Waals surface area contributed by atoms with Crippen molar-refractivity contribution in [3.05, 3.63) is 16.2 Å². The van der Waals surface area contributed by atoms with E-state index in [9.17, 15) is 0 Å². The number of halogens is 1. The van der Waals surface area contributed by atoms with Crippen LogP contribution in [-0.4, -0.2) is 16.5 Å². The van der Waals surface area contributed by atoms with E-state index in [1.807, 2.05) is 0 Å². The highest BCUT2D eigenvalue weighted by molar-refractivity contribution is 7.18. The summed E-state index contributed by atoms with van der Waals surface area (Å²) in [4.78, 5) is 10.7. The van der Waals surface area contributed by atoms with Crippen molar-refractivity contribution in [1.82, 2.24) is 9.97 Å². The highest BCUT2D eigenvalue weighted by Gasteiger charge is 2.12. The van der Waals surface area contributed by atoms with E-state index in [0.29, 0.717) is 17.1 Å². The maximum absolute atomic E-state index is 5.96. The van der Waals surface area contributed by atoms with Crippen LogP contribution in [-0.2, 0) is 0 Å². The number of rotatable bonds is 4. The summed E-state index contributed by atoms with van der Waals surface area (Å²) in [5.74, 6) is 2.09. The molecule has 2 heterocycles. The van der Waals surface area contributed by atoms with Gasteiger partial charge in [0.05, 0.1) is 5.39 Å². The first-order valence-electron chi connectivity index (χ1n) is 6.15. The lowest BCUT2D eigenvalue weighted by Gasteiger charge is -2.16. The molecule has 2 aromatic heterocycles. The number of aryl methyl sites for hydroxylation is 1. The molecule has 0 amide bonds. The van der Waals surface area contributed by atoms with Gasteiger partial charge in [-0.05, 0) is 36.4 Å². The van der Waals surface area contributed by atoms with Crippen molar-refractivity contribution in [3.8, 4) is 0 Å². The number of fused-ring (bicyclic) bond motifs is 1. The number of thiophene rings is 1. The number of anilines is 1. The predicted molar refractivity (Wildman–Crippen MR) is 79.7 cm³/mol. The van der Waals surface area contributed by atoms with Crippen LogP contribution in [0.15, 0.2) is 6.07 Å². The molecule has 0 radical (unpaired) electrons. The fourth-order valence-corrected chi connectivity index (χ4v) is 2.74. The Labute approximate surface area is 117 Å². The highest BCUT2D eigenvalue weighted by Crippen LogP contribution is 2.29. The van der Waals surface area contributed by atoms with Gasteiger partial charge in [-0.1, -0.05) is 20.8 Å². The fourth-order valence-electron chi connectivity index (χ4n) is 1.64. The summed E-state index contributed by atoms with van der Waals surface area (Å²) >= 11 is 7.60. The molecule has 0 fully saturated rings. The topological polar surface area (TPSA) is 37.8 Å². The summed E-state index contributed by atoms with van der Waals surface area (Å²) < 4.78 is 0. The SMILES string of the molecule is Cc1cc2c(NCC(C)C(C)C)nc(Cl)nc2s1. The Morgan fingerprint density at radius 1 is 1.33 bits per heavy atom. The Morgan fingerprint density at radius 2 is 2.06 bits per heavy atom. The normalized spacial score (nSPS) is 13.2. The van der Waals surface area contributed by atoms with Crippen LogP contribution in [0.1, 0.15) is 25.6 Å². The molecule has 1 N–H and O–H groups in total. The van der Waals surface area contributed by atoms with Gasteiger partial charge in [0.25, 0.3) is 0 Å². The van der Waals surface area contributed by atoms with Crippen LogP contribution >= 0.6 is 22.9 Å². The van der Waals surface area contributed by atoms with Gasteiger partial charge in [-0.3, -0.25) is 0 Å². The zero-order valence-electron chi connectivity index (χ0n) is 11.1. The molecule has 1 atom stereocenters. The first-order chi connectivity index (χ1) is 8.47. The molecule has 2 aromatic rings. The van der Waals surface area contributed by atoms with Crippen LogP contribution in [0.25, 0.3) is 10.2 Å². The van der Waals surface area contributed by atoms with Crippen LogP contribution in [0.3, 0.4) is 0 Å². The van der Waals surface area contributed by atoms with E-state index in [1.165, 1.54) is 4.88 Å². The lowest BCUT2D eigenvalue weighted by molar-refractivity contribution is 0.439. The van der Waals surface area contributed by atoms with Gasteiger partial charge in [0.15, 0.2) is 0 Å². The van der Waals surface area contributed by atoms with Crippen LogP contribution in [0.4, 0.5) is 5.82 Å². The summed E-state index contributed by atoms with van der Waals surface area (Å²) in [5.41, 5.74) is 0. The van der Waals surface area contributed by atoms with E-state index < -0.39 is 0 Å². The van der Waals surface area contributed by atoms with Gasteiger partial charge < -0.3 is 5.32 Å². The largest absolute Gasteiger partial charge is 0.369 e. The summed E-state index contributed by atoms with van der Waals surface area (Å²) in [6.45, 7) is 9.65. The average Bonchev–Trinajstić information content (AvgIpc) is 2.65. The van der Waals surface area contributed by atoms with Gasteiger partial charge in [-0.2, -0.15) is 0 Å². The molecule has 0 spiro atoms. The maximum atomic E-state index is 5.96. The molecule has 18 heavy (non-hydrogen) atoms. The minimum atomic E-state index is 0.309. The van der Waals surface area contributed by atoms with E-state index >= 15 is 0 Å². The van der Waals surface area contributed by atoms with Crippen LogP contribution in [0.5, 0.6) is 0 Å². The van der Waals surface area contributed by atoms with Gasteiger partial charge >= 0.3 is 0 Å². The second kappa shape index (κ2) is 5.41. The monoisotopic (exact) mass is 283 g/mol. The van der Waals surface area contributed by atoms with Crippen molar-refractivity contribution < 1.29 is 0 Å². The highest BCUT2D eigenvalue weighted by atomic mass is 35.5. The molecular weight excluding hydrogens is 266 g/mol. The molecule has 0 aliphatic rings.